The van der Waals surface area contributed by atoms with Gasteiger partial charge in [0, 0.05) is 19.6 Å². The summed E-state index contributed by atoms with van der Waals surface area (Å²) in [4.78, 5) is 16.2. The van der Waals surface area contributed by atoms with E-state index in [1.807, 2.05) is 38.1 Å². The third-order valence-corrected chi connectivity index (χ3v) is 3.01. The van der Waals surface area contributed by atoms with Gasteiger partial charge in [-0.3, -0.25) is 9.89 Å². The summed E-state index contributed by atoms with van der Waals surface area (Å²) in [6, 6.07) is 7.89. The van der Waals surface area contributed by atoms with Crippen LogP contribution in [-0.4, -0.2) is 28.2 Å². The van der Waals surface area contributed by atoms with E-state index in [1.54, 1.807) is 7.11 Å². The van der Waals surface area contributed by atoms with Crippen LogP contribution in [-0.2, 0) is 17.9 Å². The maximum Gasteiger partial charge on any atom is 0.291 e. The molecule has 0 saturated heterocycles. The van der Waals surface area contributed by atoms with Crippen LogP contribution in [0, 0.1) is 0 Å². The van der Waals surface area contributed by atoms with Crippen molar-refractivity contribution in [1.29, 1.82) is 0 Å². The molecule has 1 aromatic carbocycles. The maximum absolute atomic E-state index is 12.0. The Labute approximate surface area is 123 Å². The van der Waals surface area contributed by atoms with E-state index in [0.29, 0.717) is 19.0 Å². The lowest BCUT2D eigenvalue weighted by Crippen LogP contribution is -2.24. The number of hydrogen-bond donors (Lipinski definition) is 2. The van der Waals surface area contributed by atoms with Crippen LogP contribution in [0.5, 0.6) is 0 Å². The van der Waals surface area contributed by atoms with Gasteiger partial charge in [0.1, 0.15) is 5.82 Å². The van der Waals surface area contributed by atoms with E-state index < -0.39 is 0 Å². The molecule has 21 heavy (non-hydrogen) atoms. The van der Waals surface area contributed by atoms with E-state index >= 15 is 0 Å². The Bertz CT molecular complexity index is 607. The number of rotatable bonds is 6. The molecule has 0 aliphatic heterocycles. The number of methoxy groups -OCH3 is 1. The molecule has 0 atom stereocenters. The topological polar surface area (TPSA) is 79.9 Å². The molecule has 6 nitrogen and oxygen atoms in total. The second-order valence-corrected chi connectivity index (χ2v) is 5.13. The first kappa shape index (κ1) is 15.2. The number of carbonyl (C=O) groups excluding carboxylic acids is 1. The highest BCUT2D eigenvalue weighted by atomic mass is 16.5. The highest BCUT2D eigenvalue weighted by Gasteiger charge is 2.13. The number of benzene rings is 1. The van der Waals surface area contributed by atoms with Crippen molar-refractivity contribution in [3.63, 3.8) is 0 Å². The predicted molar refractivity (Wildman–Crippen MR) is 78.8 cm³/mol. The van der Waals surface area contributed by atoms with Gasteiger partial charge in [0.2, 0.25) is 5.82 Å². The average Bonchev–Trinajstić information content (AvgIpc) is 2.96. The molecule has 2 aromatic rings. The highest BCUT2D eigenvalue weighted by molar-refractivity contribution is 5.90. The summed E-state index contributed by atoms with van der Waals surface area (Å²) in [6.07, 6.45) is 0. The molecule has 2 rings (SSSR count). The number of hydrogen-bond acceptors (Lipinski definition) is 4. The molecule has 0 bridgehead atoms. The van der Waals surface area contributed by atoms with Crippen molar-refractivity contribution in [2.75, 3.05) is 7.11 Å². The second kappa shape index (κ2) is 6.99. The summed E-state index contributed by atoms with van der Waals surface area (Å²) in [5.41, 5.74) is 2.08. The SMILES string of the molecule is COCc1cccc(CNC(=O)c2n[nH]c(C(C)C)n2)c1. The van der Waals surface area contributed by atoms with Crippen LogP contribution >= 0.6 is 0 Å². The van der Waals surface area contributed by atoms with Gasteiger partial charge in [-0.1, -0.05) is 38.1 Å². The highest BCUT2D eigenvalue weighted by Crippen LogP contribution is 2.08. The van der Waals surface area contributed by atoms with Crippen LogP contribution < -0.4 is 5.32 Å². The molecule has 1 heterocycles. The standard InChI is InChI=1S/C15H20N4O2/c1-10(2)13-17-14(19-18-13)15(20)16-8-11-5-4-6-12(7-11)9-21-3/h4-7,10H,8-9H2,1-3H3,(H,16,20)(H,17,18,19). The fourth-order valence-corrected chi connectivity index (χ4v) is 1.89. The molecule has 0 spiro atoms. The van der Waals surface area contributed by atoms with Crippen LogP contribution in [0.2, 0.25) is 0 Å². The number of carbonyl (C=O) groups is 1. The first-order valence-corrected chi connectivity index (χ1v) is 6.87. The fraction of sp³-hybridized carbons (Fsp3) is 0.400. The van der Waals surface area contributed by atoms with Gasteiger partial charge in [0.15, 0.2) is 0 Å². The Balaban J connectivity index is 1.95. The Morgan fingerprint density at radius 1 is 1.38 bits per heavy atom. The second-order valence-electron chi connectivity index (χ2n) is 5.13. The molecular weight excluding hydrogens is 268 g/mol. The number of aromatic amines is 1. The molecule has 6 heteroatoms. The summed E-state index contributed by atoms with van der Waals surface area (Å²) in [7, 11) is 1.66. The number of nitrogens with one attached hydrogen (secondary N) is 2. The van der Waals surface area contributed by atoms with E-state index in [0.717, 1.165) is 11.1 Å². The van der Waals surface area contributed by atoms with E-state index in [1.165, 1.54) is 0 Å². The van der Waals surface area contributed by atoms with Gasteiger partial charge in [-0.25, -0.2) is 4.98 Å². The van der Waals surface area contributed by atoms with Crippen molar-refractivity contribution < 1.29 is 9.53 Å². The minimum Gasteiger partial charge on any atom is -0.380 e. The van der Waals surface area contributed by atoms with Gasteiger partial charge >= 0.3 is 0 Å². The lowest BCUT2D eigenvalue weighted by Gasteiger charge is -2.05. The predicted octanol–water partition coefficient (Wildman–Crippen LogP) is 2.00. The first-order chi connectivity index (χ1) is 10.1. The zero-order valence-corrected chi connectivity index (χ0v) is 12.5. The smallest absolute Gasteiger partial charge is 0.291 e. The summed E-state index contributed by atoms with van der Waals surface area (Å²) in [5, 5.41) is 9.51. The minimum absolute atomic E-state index is 0.173. The first-order valence-electron chi connectivity index (χ1n) is 6.87. The monoisotopic (exact) mass is 288 g/mol. The van der Waals surface area contributed by atoms with Crippen LogP contribution in [0.15, 0.2) is 24.3 Å². The summed E-state index contributed by atoms with van der Waals surface area (Å²) in [5.74, 6) is 0.814. The van der Waals surface area contributed by atoms with Crippen molar-refractivity contribution in [2.45, 2.75) is 32.9 Å². The zero-order chi connectivity index (χ0) is 15.2. The Kier molecular flexibility index (Phi) is 5.05. The Morgan fingerprint density at radius 3 is 2.81 bits per heavy atom. The van der Waals surface area contributed by atoms with Crippen molar-refractivity contribution in [2.24, 2.45) is 0 Å². The third kappa shape index (κ3) is 4.13. The van der Waals surface area contributed by atoms with Crippen LogP contribution in [0.3, 0.4) is 0 Å². The van der Waals surface area contributed by atoms with E-state index in [9.17, 15) is 4.79 Å². The number of nitrogens with zero attached hydrogens (tertiary/aromatic N) is 2. The third-order valence-electron chi connectivity index (χ3n) is 3.01. The largest absolute Gasteiger partial charge is 0.380 e. The molecule has 0 unspecified atom stereocenters. The summed E-state index contributed by atoms with van der Waals surface area (Å²) in [6.45, 7) is 4.97. The molecule has 1 aromatic heterocycles. The van der Waals surface area contributed by atoms with Crippen molar-refractivity contribution >= 4 is 5.91 Å². The molecular formula is C15H20N4O2. The quantitative estimate of drug-likeness (QED) is 0.852. The van der Waals surface area contributed by atoms with Gasteiger partial charge in [0.25, 0.3) is 5.91 Å². The number of ether oxygens (including phenoxy) is 1. The molecule has 0 aliphatic carbocycles. The van der Waals surface area contributed by atoms with Crippen molar-refractivity contribution in [3.8, 4) is 0 Å². The van der Waals surface area contributed by atoms with Gasteiger partial charge < -0.3 is 10.1 Å². The lowest BCUT2D eigenvalue weighted by atomic mass is 10.1. The normalized spacial score (nSPS) is 10.9. The summed E-state index contributed by atoms with van der Waals surface area (Å²) >= 11 is 0. The van der Waals surface area contributed by atoms with Crippen LogP contribution in [0.1, 0.15) is 47.3 Å². The van der Waals surface area contributed by atoms with Gasteiger partial charge in [-0.2, -0.15) is 0 Å². The molecule has 0 saturated carbocycles. The molecule has 0 radical (unpaired) electrons. The zero-order valence-electron chi connectivity index (χ0n) is 12.5. The Morgan fingerprint density at radius 2 is 2.14 bits per heavy atom. The minimum atomic E-state index is -0.282. The maximum atomic E-state index is 12.0. The summed E-state index contributed by atoms with van der Waals surface area (Å²) < 4.78 is 5.09. The van der Waals surface area contributed by atoms with Gasteiger partial charge in [-0.05, 0) is 11.1 Å². The lowest BCUT2D eigenvalue weighted by molar-refractivity contribution is 0.0941. The van der Waals surface area contributed by atoms with Gasteiger partial charge in [-0.15, -0.1) is 5.10 Å². The molecule has 0 aliphatic rings. The molecule has 2 N–H and O–H groups in total. The van der Waals surface area contributed by atoms with Crippen LogP contribution in [0.25, 0.3) is 0 Å². The molecule has 0 fully saturated rings. The fourth-order valence-electron chi connectivity index (χ4n) is 1.89. The van der Waals surface area contributed by atoms with Crippen molar-refractivity contribution in [3.05, 3.63) is 47.0 Å². The average molecular weight is 288 g/mol. The van der Waals surface area contributed by atoms with E-state index in [4.69, 9.17) is 4.74 Å². The number of aromatic nitrogens is 3. The Hall–Kier alpha value is -2.21. The van der Waals surface area contributed by atoms with Gasteiger partial charge in [0.05, 0.1) is 6.61 Å². The van der Waals surface area contributed by atoms with E-state index in [2.05, 4.69) is 20.5 Å². The van der Waals surface area contributed by atoms with Crippen molar-refractivity contribution in [1.82, 2.24) is 20.5 Å². The number of H-pyrrole nitrogens is 1. The molecule has 112 valence electrons. The van der Waals surface area contributed by atoms with Crippen LogP contribution in [0.4, 0.5) is 0 Å². The van der Waals surface area contributed by atoms with E-state index in [-0.39, 0.29) is 17.6 Å². The number of amides is 1. The molecule has 1 amide bonds.